The van der Waals surface area contributed by atoms with Gasteiger partial charge in [-0.2, -0.15) is 0 Å². The minimum Gasteiger partial charge on any atom is -0.506 e. The maximum absolute atomic E-state index is 12.4. The number of anilines is 1. The Morgan fingerprint density at radius 1 is 0.955 bits per heavy atom. The van der Waals surface area contributed by atoms with E-state index in [4.69, 9.17) is 0 Å². The molecule has 0 radical (unpaired) electrons. The van der Waals surface area contributed by atoms with E-state index in [0.29, 0.717) is 17.9 Å². The Morgan fingerprint density at radius 3 is 2.45 bits per heavy atom. The summed E-state index contributed by atoms with van der Waals surface area (Å²) in [5.41, 5.74) is 2.07. The van der Waals surface area contributed by atoms with Crippen molar-refractivity contribution in [2.75, 3.05) is 5.32 Å². The van der Waals surface area contributed by atoms with Gasteiger partial charge in [0, 0.05) is 12.7 Å². The summed E-state index contributed by atoms with van der Waals surface area (Å²) in [6.45, 7) is 0.622. The van der Waals surface area contributed by atoms with E-state index in [1.54, 1.807) is 30.3 Å². The molecule has 1 amide bonds. The smallest absolute Gasteiger partial charge is 0.272 e. The predicted octanol–water partition coefficient (Wildman–Crippen LogP) is 3.49. The zero-order chi connectivity index (χ0) is 15.4. The number of carbonyl (C=O) groups is 1. The molecule has 4 nitrogen and oxygen atoms in total. The van der Waals surface area contributed by atoms with Crippen LogP contribution in [0.1, 0.15) is 16.1 Å². The summed E-state index contributed by atoms with van der Waals surface area (Å²) in [6, 6.07) is 20.2. The average Bonchev–Trinajstić information content (AvgIpc) is 2.99. The van der Waals surface area contributed by atoms with Gasteiger partial charge in [0.15, 0.2) is 0 Å². The maximum Gasteiger partial charge on any atom is 0.272 e. The van der Waals surface area contributed by atoms with Gasteiger partial charge in [-0.3, -0.25) is 4.79 Å². The first-order valence-corrected chi connectivity index (χ1v) is 7.02. The third-order valence-corrected chi connectivity index (χ3v) is 3.41. The minimum atomic E-state index is -0.248. The van der Waals surface area contributed by atoms with Crippen LogP contribution in [0.2, 0.25) is 0 Å². The molecule has 0 aliphatic rings. The van der Waals surface area contributed by atoms with Crippen LogP contribution in [-0.4, -0.2) is 15.6 Å². The molecule has 0 unspecified atom stereocenters. The van der Waals surface area contributed by atoms with Gasteiger partial charge in [0.05, 0.1) is 5.69 Å². The van der Waals surface area contributed by atoms with Crippen LogP contribution in [0.5, 0.6) is 5.75 Å². The van der Waals surface area contributed by atoms with Crippen molar-refractivity contribution in [2.45, 2.75) is 6.54 Å². The predicted molar refractivity (Wildman–Crippen MR) is 86.0 cm³/mol. The number of amides is 1. The van der Waals surface area contributed by atoms with E-state index in [1.165, 1.54) is 0 Å². The molecular formula is C18H16N2O2. The van der Waals surface area contributed by atoms with Gasteiger partial charge in [-0.15, -0.1) is 0 Å². The second-order valence-corrected chi connectivity index (χ2v) is 4.98. The van der Waals surface area contributed by atoms with E-state index >= 15 is 0 Å². The Hall–Kier alpha value is -3.01. The number of phenolic OH excluding ortho intramolecular Hbond substituents is 1. The lowest BCUT2D eigenvalue weighted by molar-refractivity contribution is 0.101. The fourth-order valence-corrected chi connectivity index (χ4v) is 2.30. The Labute approximate surface area is 128 Å². The highest BCUT2D eigenvalue weighted by molar-refractivity contribution is 6.04. The number of aromatic hydroxyl groups is 1. The maximum atomic E-state index is 12.4. The summed E-state index contributed by atoms with van der Waals surface area (Å²) >= 11 is 0. The van der Waals surface area contributed by atoms with Gasteiger partial charge >= 0.3 is 0 Å². The number of nitrogens with one attached hydrogen (secondary N) is 1. The number of hydrogen-bond donors (Lipinski definition) is 2. The summed E-state index contributed by atoms with van der Waals surface area (Å²) in [7, 11) is 0. The summed E-state index contributed by atoms with van der Waals surface area (Å²) in [5.74, 6) is -0.195. The van der Waals surface area contributed by atoms with Crippen molar-refractivity contribution >= 4 is 11.6 Å². The van der Waals surface area contributed by atoms with Gasteiger partial charge in [-0.1, -0.05) is 42.5 Å². The van der Waals surface area contributed by atoms with Gasteiger partial charge < -0.3 is 15.0 Å². The molecule has 0 saturated heterocycles. The van der Waals surface area contributed by atoms with Crippen molar-refractivity contribution in [1.82, 2.24) is 4.57 Å². The zero-order valence-electron chi connectivity index (χ0n) is 11.9. The first-order chi connectivity index (χ1) is 10.7. The molecule has 0 fully saturated rings. The lowest BCUT2D eigenvalue weighted by Crippen LogP contribution is -2.17. The molecule has 0 saturated carbocycles. The summed E-state index contributed by atoms with van der Waals surface area (Å²) in [5, 5.41) is 12.5. The van der Waals surface area contributed by atoms with Crippen LogP contribution in [0.4, 0.5) is 5.69 Å². The van der Waals surface area contributed by atoms with E-state index in [1.807, 2.05) is 47.2 Å². The van der Waals surface area contributed by atoms with Crippen molar-refractivity contribution in [1.29, 1.82) is 0 Å². The lowest BCUT2D eigenvalue weighted by atomic mass is 10.2. The van der Waals surface area contributed by atoms with Crippen LogP contribution in [0.3, 0.4) is 0 Å². The van der Waals surface area contributed by atoms with Crippen molar-refractivity contribution in [3.63, 3.8) is 0 Å². The molecule has 4 heteroatoms. The largest absolute Gasteiger partial charge is 0.506 e. The first kappa shape index (κ1) is 13.9. The van der Waals surface area contributed by atoms with E-state index in [9.17, 15) is 9.90 Å². The van der Waals surface area contributed by atoms with Crippen molar-refractivity contribution in [3.05, 3.63) is 84.2 Å². The third kappa shape index (κ3) is 3.01. The second-order valence-electron chi connectivity index (χ2n) is 4.98. The second kappa shape index (κ2) is 6.18. The molecule has 0 aliphatic heterocycles. The molecule has 0 bridgehead atoms. The Bertz CT molecular complexity index is 779. The average molecular weight is 292 g/mol. The van der Waals surface area contributed by atoms with Gasteiger partial charge in [-0.05, 0) is 29.8 Å². The van der Waals surface area contributed by atoms with Crippen molar-refractivity contribution in [3.8, 4) is 5.75 Å². The quantitative estimate of drug-likeness (QED) is 0.723. The van der Waals surface area contributed by atoms with Crippen LogP contribution in [0.15, 0.2) is 72.9 Å². The molecule has 110 valence electrons. The fraction of sp³-hybridized carbons (Fsp3) is 0.0556. The van der Waals surface area contributed by atoms with Crippen LogP contribution >= 0.6 is 0 Å². The number of benzene rings is 2. The number of phenols is 1. The number of carbonyl (C=O) groups excluding carboxylic acids is 1. The van der Waals surface area contributed by atoms with E-state index in [0.717, 1.165) is 5.56 Å². The fourth-order valence-electron chi connectivity index (χ4n) is 2.30. The molecule has 3 aromatic rings. The molecule has 2 aromatic carbocycles. The number of aromatic nitrogens is 1. The van der Waals surface area contributed by atoms with Gasteiger partial charge in [0.25, 0.3) is 5.91 Å². The van der Waals surface area contributed by atoms with Crippen LogP contribution < -0.4 is 5.32 Å². The normalized spacial score (nSPS) is 10.4. The highest BCUT2D eigenvalue weighted by atomic mass is 16.3. The van der Waals surface area contributed by atoms with E-state index in [-0.39, 0.29) is 11.7 Å². The van der Waals surface area contributed by atoms with Crippen LogP contribution in [-0.2, 0) is 6.54 Å². The number of nitrogens with zero attached hydrogens (tertiary/aromatic N) is 1. The zero-order valence-corrected chi connectivity index (χ0v) is 11.9. The SMILES string of the molecule is O=C(Nc1ccccc1O)c1cccn1Cc1ccccc1. The van der Waals surface area contributed by atoms with Crippen LogP contribution in [0.25, 0.3) is 0 Å². The van der Waals surface area contributed by atoms with E-state index < -0.39 is 0 Å². The molecular weight excluding hydrogens is 276 g/mol. The summed E-state index contributed by atoms with van der Waals surface area (Å²) in [4.78, 5) is 12.4. The number of para-hydroxylation sites is 2. The molecule has 3 rings (SSSR count). The standard InChI is InChI=1S/C18H16N2O2/c21-17-11-5-4-9-15(17)19-18(22)16-10-6-12-20(16)13-14-7-2-1-3-8-14/h1-12,21H,13H2,(H,19,22). The molecule has 1 aromatic heterocycles. The van der Waals surface area contributed by atoms with Crippen molar-refractivity contribution in [2.24, 2.45) is 0 Å². The van der Waals surface area contributed by atoms with Gasteiger partial charge in [0.2, 0.25) is 0 Å². The third-order valence-electron chi connectivity index (χ3n) is 3.41. The number of hydrogen-bond acceptors (Lipinski definition) is 2. The molecule has 0 spiro atoms. The first-order valence-electron chi connectivity index (χ1n) is 7.02. The number of rotatable bonds is 4. The van der Waals surface area contributed by atoms with Gasteiger partial charge in [0.1, 0.15) is 11.4 Å². The molecule has 22 heavy (non-hydrogen) atoms. The van der Waals surface area contributed by atoms with Gasteiger partial charge in [-0.25, -0.2) is 0 Å². The van der Waals surface area contributed by atoms with Crippen molar-refractivity contribution < 1.29 is 9.90 Å². The highest BCUT2D eigenvalue weighted by Crippen LogP contribution is 2.22. The molecule has 1 heterocycles. The Morgan fingerprint density at radius 2 is 1.68 bits per heavy atom. The topological polar surface area (TPSA) is 54.3 Å². The lowest BCUT2D eigenvalue weighted by Gasteiger charge is -2.11. The monoisotopic (exact) mass is 292 g/mol. The minimum absolute atomic E-state index is 0.0528. The Balaban J connectivity index is 1.79. The molecule has 0 atom stereocenters. The molecule has 0 aliphatic carbocycles. The Kier molecular flexibility index (Phi) is 3.92. The summed E-state index contributed by atoms with van der Waals surface area (Å²) in [6.07, 6.45) is 1.87. The van der Waals surface area contributed by atoms with E-state index in [2.05, 4.69) is 5.32 Å². The highest BCUT2D eigenvalue weighted by Gasteiger charge is 2.12. The molecule has 2 N–H and O–H groups in total. The van der Waals surface area contributed by atoms with Crippen LogP contribution in [0, 0.1) is 0 Å². The summed E-state index contributed by atoms with van der Waals surface area (Å²) < 4.78 is 1.88.